The predicted octanol–water partition coefficient (Wildman–Crippen LogP) is 3.44. The molecule has 0 saturated carbocycles. The highest BCUT2D eigenvalue weighted by Crippen LogP contribution is 2.27. The lowest BCUT2D eigenvalue weighted by molar-refractivity contribution is 0.0686. The maximum Gasteiger partial charge on any atom is 0.358 e. The Kier molecular flexibility index (Phi) is 3.10. The van der Waals surface area contributed by atoms with E-state index in [2.05, 4.69) is 4.98 Å². The highest BCUT2D eigenvalue weighted by Gasteiger charge is 2.20. The minimum Gasteiger partial charge on any atom is -0.476 e. The van der Waals surface area contributed by atoms with Gasteiger partial charge in [-0.25, -0.2) is 4.79 Å². The number of aryl methyl sites for hydroxylation is 2. The molecular formula is C16H14N2O3. The molecule has 0 fully saturated rings. The molecule has 2 aromatic heterocycles. The molecular weight excluding hydrogens is 268 g/mol. The van der Waals surface area contributed by atoms with Crippen LogP contribution in [-0.4, -0.2) is 20.5 Å². The SMILES string of the molecule is Cc1cc(C)cc(Oc2nc3ccccn3c2C(=O)O)c1. The molecule has 21 heavy (non-hydrogen) atoms. The molecule has 1 N–H and O–H groups in total. The molecule has 0 saturated heterocycles. The van der Waals surface area contributed by atoms with Gasteiger partial charge in [0, 0.05) is 6.20 Å². The van der Waals surface area contributed by atoms with Crippen molar-refractivity contribution in [3.63, 3.8) is 0 Å². The fourth-order valence-electron chi connectivity index (χ4n) is 2.34. The van der Waals surface area contributed by atoms with Gasteiger partial charge in [-0.1, -0.05) is 12.1 Å². The van der Waals surface area contributed by atoms with Gasteiger partial charge in [0.05, 0.1) is 0 Å². The van der Waals surface area contributed by atoms with Crippen molar-refractivity contribution < 1.29 is 14.6 Å². The molecule has 0 atom stereocenters. The van der Waals surface area contributed by atoms with Crippen molar-refractivity contribution in [1.82, 2.24) is 9.38 Å². The fourth-order valence-corrected chi connectivity index (χ4v) is 2.34. The van der Waals surface area contributed by atoms with Crippen molar-refractivity contribution in [2.45, 2.75) is 13.8 Å². The highest BCUT2D eigenvalue weighted by molar-refractivity contribution is 5.89. The predicted molar refractivity (Wildman–Crippen MR) is 78.1 cm³/mol. The third kappa shape index (κ3) is 2.45. The second-order valence-corrected chi connectivity index (χ2v) is 4.93. The molecule has 0 unspecified atom stereocenters. The molecule has 106 valence electrons. The molecule has 3 aromatic rings. The van der Waals surface area contributed by atoms with Crippen LogP contribution in [0.2, 0.25) is 0 Å². The topological polar surface area (TPSA) is 63.8 Å². The summed E-state index contributed by atoms with van der Waals surface area (Å²) >= 11 is 0. The summed E-state index contributed by atoms with van der Waals surface area (Å²) in [6, 6.07) is 11.0. The van der Waals surface area contributed by atoms with Crippen LogP contribution in [0.1, 0.15) is 21.6 Å². The Balaban J connectivity index is 2.11. The van der Waals surface area contributed by atoms with Gasteiger partial charge < -0.3 is 9.84 Å². The van der Waals surface area contributed by atoms with Crippen molar-refractivity contribution in [2.24, 2.45) is 0 Å². The molecule has 0 aliphatic carbocycles. The molecule has 5 nitrogen and oxygen atoms in total. The minimum absolute atomic E-state index is 0.0183. The van der Waals surface area contributed by atoms with E-state index in [1.54, 1.807) is 24.4 Å². The number of benzene rings is 1. The Labute approximate surface area is 121 Å². The highest BCUT2D eigenvalue weighted by atomic mass is 16.5. The monoisotopic (exact) mass is 282 g/mol. The molecule has 0 aliphatic heterocycles. The summed E-state index contributed by atoms with van der Waals surface area (Å²) in [5, 5.41) is 9.40. The van der Waals surface area contributed by atoms with Gasteiger partial charge in [-0.15, -0.1) is 0 Å². The molecule has 1 aromatic carbocycles. The van der Waals surface area contributed by atoms with E-state index in [9.17, 15) is 9.90 Å². The van der Waals surface area contributed by atoms with Gasteiger partial charge in [-0.2, -0.15) is 4.98 Å². The summed E-state index contributed by atoms with van der Waals surface area (Å²) < 4.78 is 7.20. The van der Waals surface area contributed by atoms with Crippen molar-refractivity contribution in [1.29, 1.82) is 0 Å². The molecule has 0 radical (unpaired) electrons. The zero-order valence-electron chi connectivity index (χ0n) is 11.7. The third-order valence-electron chi connectivity index (χ3n) is 3.11. The van der Waals surface area contributed by atoms with Gasteiger partial charge in [0.1, 0.15) is 11.4 Å². The van der Waals surface area contributed by atoms with E-state index in [0.29, 0.717) is 11.4 Å². The number of aromatic nitrogens is 2. The van der Waals surface area contributed by atoms with E-state index in [1.165, 1.54) is 4.40 Å². The first-order chi connectivity index (χ1) is 10.0. The van der Waals surface area contributed by atoms with Crippen LogP contribution in [0.5, 0.6) is 11.6 Å². The number of aromatic carboxylic acids is 1. The van der Waals surface area contributed by atoms with Crippen LogP contribution in [0.4, 0.5) is 0 Å². The first-order valence-electron chi connectivity index (χ1n) is 6.51. The number of rotatable bonds is 3. The average Bonchev–Trinajstić information content (AvgIpc) is 2.75. The second kappa shape index (κ2) is 4.94. The molecule has 0 spiro atoms. The van der Waals surface area contributed by atoms with E-state index in [0.717, 1.165) is 11.1 Å². The lowest BCUT2D eigenvalue weighted by Gasteiger charge is -2.06. The molecule has 0 amide bonds. The maximum absolute atomic E-state index is 11.5. The zero-order chi connectivity index (χ0) is 15.0. The number of fused-ring (bicyclic) bond motifs is 1. The molecule has 0 bridgehead atoms. The van der Waals surface area contributed by atoms with Gasteiger partial charge in [-0.05, 0) is 49.2 Å². The van der Waals surface area contributed by atoms with Crippen LogP contribution in [0.25, 0.3) is 5.65 Å². The van der Waals surface area contributed by atoms with Gasteiger partial charge in [-0.3, -0.25) is 4.40 Å². The van der Waals surface area contributed by atoms with Gasteiger partial charge in [0.15, 0.2) is 5.69 Å². The molecule has 0 aliphatic rings. The number of carbonyl (C=O) groups is 1. The lowest BCUT2D eigenvalue weighted by atomic mass is 10.1. The summed E-state index contributed by atoms with van der Waals surface area (Å²) in [5.41, 5.74) is 2.65. The molecule has 5 heteroatoms. The van der Waals surface area contributed by atoms with E-state index in [4.69, 9.17) is 4.74 Å². The maximum atomic E-state index is 11.5. The van der Waals surface area contributed by atoms with Crippen LogP contribution in [0, 0.1) is 13.8 Å². The summed E-state index contributed by atoms with van der Waals surface area (Å²) in [5.74, 6) is -0.398. The number of imidazole rings is 1. The van der Waals surface area contributed by atoms with Crippen LogP contribution in [0.3, 0.4) is 0 Å². The van der Waals surface area contributed by atoms with Gasteiger partial charge in [0.25, 0.3) is 5.88 Å². The lowest BCUT2D eigenvalue weighted by Crippen LogP contribution is -2.03. The summed E-state index contributed by atoms with van der Waals surface area (Å²) in [4.78, 5) is 15.7. The molecule has 2 heterocycles. The van der Waals surface area contributed by atoms with E-state index in [1.807, 2.05) is 32.0 Å². The third-order valence-corrected chi connectivity index (χ3v) is 3.11. The Morgan fingerprint density at radius 1 is 1.19 bits per heavy atom. The van der Waals surface area contributed by atoms with Crippen LogP contribution < -0.4 is 4.74 Å². The van der Waals surface area contributed by atoms with Crippen LogP contribution in [-0.2, 0) is 0 Å². The van der Waals surface area contributed by atoms with E-state index in [-0.39, 0.29) is 11.6 Å². The Morgan fingerprint density at radius 3 is 2.57 bits per heavy atom. The van der Waals surface area contributed by atoms with Crippen LogP contribution >= 0.6 is 0 Å². The number of carboxylic acid groups (broad SMARTS) is 1. The Morgan fingerprint density at radius 2 is 1.90 bits per heavy atom. The first-order valence-corrected chi connectivity index (χ1v) is 6.51. The molecule has 3 rings (SSSR count). The van der Waals surface area contributed by atoms with E-state index >= 15 is 0 Å². The van der Waals surface area contributed by atoms with Crippen molar-refractivity contribution in [3.05, 3.63) is 59.4 Å². The first kappa shape index (κ1) is 13.2. The van der Waals surface area contributed by atoms with Gasteiger partial charge >= 0.3 is 5.97 Å². The fraction of sp³-hybridized carbons (Fsp3) is 0.125. The largest absolute Gasteiger partial charge is 0.476 e. The number of ether oxygens (including phenoxy) is 1. The van der Waals surface area contributed by atoms with E-state index < -0.39 is 5.97 Å². The van der Waals surface area contributed by atoms with Crippen LogP contribution in [0.15, 0.2) is 42.6 Å². The number of carboxylic acids is 1. The quantitative estimate of drug-likeness (QED) is 0.799. The Bertz CT molecular complexity index is 816. The number of nitrogens with zero attached hydrogens (tertiary/aromatic N) is 2. The summed E-state index contributed by atoms with van der Waals surface area (Å²) in [6.07, 6.45) is 1.65. The number of hydrogen-bond acceptors (Lipinski definition) is 3. The number of hydrogen-bond donors (Lipinski definition) is 1. The Hall–Kier alpha value is -2.82. The normalized spacial score (nSPS) is 10.8. The minimum atomic E-state index is -1.08. The standard InChI is InChI=1S/C16H14N2O3/c1-10-7-11(2)9-12(8-10)21-15-14(16(19)20)18-6-4-3-5-13(18)17-15/h3-9H,1-2H3,(H,19,20). The van der Waals surface area contributed by atoms with Crippen molar-refractivity contribution >= 4 is 11.6 Å². The smallest absolute Gasteiger partial charge is 0.358 e. The van der Waals surface area contributed by atoms with Gasteiger partial charge in [0.2, 0.25) is 0 Å². The average molecular weight is 282 g/mol. The summed E-state index contributed by atoms with van der Waals surface area (Å²) in [6.45, 7) is 3.92. The summed E-state index contributed by atoms with van der Waals surface area (Å²) in [7, 11) is 0. The van der Waals surface area contributed by atoms with Crippen molar-refractivity contribution in [2.75, 3.05) is 0 Å². The number of pyridine rings is 1. The second-order valence-electron chi connectivity index (χ2n) is 4.93. The van der Waals surface area contributed by atoms with Crippen molar-refractivity contribution in [3.8, 4) is 11.6 Å². The zero-order valence-corrected chi connectivity index (χ0v) is 11.7.